The summed E-state index contributed by atoms with van der Waals surface area (Å²) >= 11 is 0. The number of aryl methyl sites for hydroxylation is 1. The first kappa shape index (κ1) is 29.4. The number of nitrogens with one attached hydrogen (secondary N) is 3. The van der Waals surface area contributed by atoms with Gasteiger partial charge in [-0.1, -0.05) is 84.9 Å². The summed E-state index contributed by atoms with van der Waals surface area (Å²) < 4.78 is 13.5. The Labute approximate surface area is 238 Å². The topological polar surface area (TPSA) is 108 Å². The van der Waals surface area contributed by atoms with Crippen molar-refractivity contribution in [1.29, 1.82) is 0 Å². The van der Waals surface area contributed by atoms with E-state index in [2.05, 4.69) is 16.0 Å². The zero-order valence-corrected chi connectivity index (χ0v) is 22.7. The quantitative estimate of drug-likeness (QED) is 0.173. The molecule has 2 amide bonds. The van der Waals surface area contributed by atoms with Crippen LogP contribution in [0.3, 0.4) is 0 Å². The van der Waals surface area contributed by atoms with Crippen molar-refractivity contribution < 1.29 is 23.9 Å². The summed E-state index contributed by atoms with van der Waals surface area (Å²) in [6.45, 7) is 0.669. The molecule has 41 heavy (non-hydrogen) atoms. The highest BCUT2D eigenvalue weighted by Gasteiger charge is 2.27. The first-order valence-corrected chi connectivity index (χ1v) is 13.7. The lowest BCUT2D eigenvalue weighted by Gasteiger charge is -2.23. The molecule has 0 saturated carbocycles. The monoisotopic (exact) mass is 555 g/mol. The van der Waals surface area contributed by atoms with E-state index in [0.29, 0.717) is 18.5 Å². The van der Waals surface area contributed by atoms with Crippen molar-refractivity contribution in [3.8, 4) is 0 Å². The van der Waals surface area contributed by atoms with E-state index in [1.54, 1.807) is 12.1 Å². The Hall–Kier alpha value is -4.56. The van der Waals surface area contributed by atoms with Crippen molar-refractivity contribution in [1.82, 2.24) is 16.0 Å². The van der Waals surface area contributed by atoms with Gasteiger partial charge in [0.05, 0.1) is 12.5 Å². The molecule has 0 radical (unpaired) electrons. The van der Waals surface area contributed by atoms with Crippen LogP contribution in [-0.4, -0.2) is 41.5 Å². The lowest BCUT2D eigenvalue weighted by atomic mass is 10.0. The minimum Gasteiger partial charge on any atom is -0.481 e. The molecule has 0 aromatic heterocycles. The number of carboxylic acid groups (broad SMARTS) is 1. The third kappa shape index (κ3) is 8.98. The first-order chi connectivity index (χ1) is 19.9. The number of carbonyl (C=O) groups excluding carboxylic acids is 2. The van der Waals surface area contributed by atoms with Gasteiger partial charge in [0, 0.05) is 13.0 Å². The lowest BCUT2D eigenvalue weighted by molar-refractivity contribution is -0.140. The summed E-state index contributed by atoms with van der Waals surface area (Å²) in [5.74, 6) is -2.54. The number of hydrogen-bond acceptors (Lipinski definition) is 4. The van der Waals surface area contributed by atoms with Crippen LogP contribution >= 0.6 is 0 Å². The van der Waals surface area contributed by atoms with Crippen LogP contribution in [0.15, 0.2) is 97.1 Å². The third-order valence-electron chi connectivity index (χ3n) is 6.89. The number of aliphatic carboxylic acids is 1. The molecule has 0 saturated heterocycles. The molecule has 0 fully saturated rings. The standard InChI is InChI=1S/C33H34FN3O4/c34-27-17-15-24(16-18-27)20-30(32(40)36-22-26-13-6-12-25-11-4-5-14-28(25)26)37-33(41)29(21-31(38)39)35-19-7-10-23-8-2-1-3-9-23/h1-6,8-9,11-18,29-30,35H,7,10,19-22H2,(H,36,40)(H,37,41)(H,38,39)/t29-,30-/m0/s1. The van der Waals surface area contributed by atoms with Crippen LogP contribution in [0.4, 0.5) is 4.39 Å². The smallest absolute Gasteiger partial charge is 0.305 e. The van der Waals surface area contributed by atoms with Crippen LogP contribution in [0.5, 0.6) is 0 Å². The molecule has 4 aromatic rings. The number of hydrogen-bond donors (Lipinski definition) is 4. The molecular formula is C33H34FN3O4. The maximum Gasteiger partial charge on any atom is 0.305 e. The molecule has 212 valence electrons. The summed E-state index contributed by atoms with van der Waals surface area (Å²) in [6.07, 6.45) is 1.16. The molecule has 0 aliphatic carbocycles. The van der Waals surface area contributed by atoms with Crippen LogP contribution < -0.4 is 16.0 Å². The Morgan fingerprint density at radius 3 is 2.22 bits per heavy atom. The molecule has 8 heteroatoms. The van der Waals surface area contributed by atoms with Crippen molar-refractivity contribution >= 4 is 28.6 Å². The Morgan fingerprint density at radius 2 is 1.46 bits per heavy atom. The van der Waals surface area contributed by atoms with Crippen molar-refractivity contribution in [3.05, 3.63) is 120 Å². The third-order valence-corrected chi connectivity index (χ3v) is 6.89. The second-order valence-corrected chi connectivity index (χ2v) is 9.94. The summed E-state index contributed by atoms with van der Waals surface area (Å²) in [4.78, 5) is 38.2. The minimum absolute atomic E-state index is 0.112. The van der Waals surface area contributed by atoms with Gasteiger partial charge in [0.15, 0.2) is 0 Å². The second kappa shape index (κ2) is 14.7. The van der Waals surface area contributed by atoms with E-state index in [-0.39, 0.29) is 13.0 Å². The number of fused-ring (bicyclic) bond motifs is 1. The van der Waals surface area contributed by atoms with Crippen molar-refractivity contribution in [2.24, 2.45) is 0 Å². The maximum atomic E-state index is 13.5. The minimum atomic E-state index is -1.13. The Kier molecular flexibility index (Phi) is 10.6. The first-order valence-electron chi connectivity index (χ1n) is 13.7. The zero-order valence-electron chi connectivity index (χ0n) is 22.7. The van der Waals surface area contributed by atoms with Crippen molar-refractivity contribution in [2.45, 2.75) is 44.3 Å². The molecule has 0 aliphatic rings. The second-order valence-electron chi connectivity index (χ2n) is 9.94. The van der Waals surface area contributed by atoms with Gasteiger partial charge in [0.1, 0.15) is 11.9 Å². The normalized spacial score (nSPS) is 12.4. The molecule has 4 N–H and O–H groups in total. The van der Waals surface area contributed by atoms with E-state index >= 15 is 0 Å². The van der Waals surface area contributed by atoms with Crippen LogP contribution in [0.25, 0.3) is 10.8 Å². The molecule has 7 nitrogen and oxygen atoms in total. The van der Waals surface area contributed by atoms with Gasteiger partial charge in [-0.05, 0) is 59.0 Å². The van der Waals surface area contributed by atoms with E-state index in [1.165, 1.54) is 12.1 Å². The van der Waals surface area contributed by atoms with Gasteiger partial charge in [-0.2, -0.15) is 0 Å². The highest BCUT2D eigenvalue weighted by Crippen LogP contribution is 2.18. The molecular weight excluding hydrogens is 521 g/mol. The summed E-state index contributed by atoms with van der Waals surface area (Å²) in [5, 5.41) is 20.2. The number of carbonyl (C=O) groups is 3. The van der Waals surface area contributed by atoms with Crippen LogP contribution in [-0.2, 0) is 33.8 Å². The van der Waals surface area contributed by atoms with E-state index in [1.807, 2.05) is 72.8 Å². The molecule has 0 bridgehead atoms. The molecule has 0 spiro atoms. The highest BCUT2D eigenvalue weighted by atomic mass is 19.1. The predicted molar refractivity (Wildman–Crippen MR) is 157 cm³/mol. The van der Waals surface area contributed by atoms with Gasteiger partial charge in [-0.3, -0.25) is 14.4 Å². The fraction of sp³-hybridized carbons (Fsp3) is 0.242. The Bertz CT molecular complexity index is 1460. The Morgan fingerprint density at radius 1 is 0.756 bits per heavy atom. The molecule has 4 rings (SSSR count). The number of carboxylic acids is 1. The van der Waals surface area contributed by atoms with E-state index in [0.717, 1.165) is 28.3 Å². The predicted octanol–water partition coefficient (Wildman–Crippen LogP) is 4.39. The lowest BCUT2D eigenvalue weighted by Crippen LogP contribution is -2.54. The maximum absolute atomic E-state index is 13.5. The molecule has 4 aromatic carbocycles. The average Bonchev–Trinajstić information content (AvgIpc) is 2.98. The Balaban J connectivity index is 1.44. The van der Waals surface area contributed by atoms with Gasteiger partial charge in [0.2, 0.25) is 11.8 Å². The van der Waals surface area contributed by atoms with Gasteiger partial charge in [0.25, 0.3) is 0 Å². The summed E-state index contributed by atoms with van der Waals surface area (Å²) in [7, 11) is 0. The van der Waals surface area contributed by atoms with E-state index in [4.69, 9.17) is 0 Å². The zero-order chi connectivity index (χ0) is 29.0. The summed E-state index contributed by atoms with van der Waals surface area (Å²) in [6, 6.07) is 27.3. The van der Waals surface area contributed by atoms with Gasteiger partial charge < -0.3 is 21.1 Å². The number of halogens is 1. The average molecular weight is 556 g/mol. The molecule has 2 atom stereocenters. The summed E-state index contributed by atoms with van der Waals surface area (Å²) in [5.41, 5.74) is 2.73. The molecule has 0 aliphatic heterocycles. The van der Waals surface area contributed by atoms with Crippen LogP contribution in [0.1, 0.15) is 29.5 Å². The fourth-order valence-electron chi connectivity index (χ4n) is 4.74. The fourth-order valence-corrected chi connectivity index (χ4v) is 4.74. The van der Waals surface area contributed by atoms with Gasteiger partial charge in [-0.25, -0.2) is 4.39 Å². The number of rotatable bonds is 14. The van der Waals surface area contributed by atoms with Gasteiger partial charge >= 0.3 is 5.97 Å². The molecule has 0 heterocycles. The van der Waals surface area contributed by atoms with Gasteiger partial charge in [-0.15, -0.1) is 0 Å². The van der Waals surface area contributed by atoms with E-state index in [9.17, 15) is 23.9 Å². The number of amides is 2. The SMILES string of the molecule is O=C(O)C[C@H](NCCCc1ccccc1)C(=O)N[C@@H](Cc1ccc(F)cc1)C(=O)NCc1cccc2ccccc12. The largest absolute Gasteiger partial charge is 0.481 e. The highest BCUT2D eigenvalue weighted by molar-refractivity contribution is 5.92. The van der Waals surface area contributed by atoms with Crippen LogP contribution in [0.2, 0.25) is 0 Å². The van der Waals surface area contributed by atoms with Crippen molar-refractivity contribution in [2.75, 3.05) is 6.54 Å². The molecule has 0 unspecified atom stereocenters. The van der Waals surface area contributed by atoms with Crippen molar-refractivity contribution in [3.63, 3.8) is 0 Å². The van der Waals surface area contributed by atoms with E-state index < -0.39 is 42.1 Å². The van der Waals surface area contributed by atoms with Crippen LogP contribution in [0, 0.1) is 5.82 Å². The number of benzene rings is 4.